The van der Waals surface area contributed by atoms with Gasteiger partial charge in [0.2, 0.25) is 0 Å². The highest BCUT2D eigenvalue weighted by atomic mass is 16.5. The zero-order valence-corrected chi connectivity index (χ0v) is 12.2. The van der Waals surface area contributed by atoms with E-state index in [0.29, 0.717) is 25.7 Å². The van der Waals surface area contributed by atoms with Crippen LogP contribution in [0.25, 0.3) is 0 Å². The van der Waals surface area contributed by atoms with Crippen molar-refractivity contribution in [1.82, 2.24) is 0 Å². The molecule has 106 valence electrons. The van der Waals surface area contributed by atoms with Gasteiger partial charge in [-0.05, 0) is 39.0 Å². The van der Waals surface area contributed by atoms with Crippen LogP contribution in [0.2, 0.25) is 0 Å². The van der Waals surface area contributed by atoms with E-state index in [2.05, 4.69) is 6.92 Å². The summed E-state index contributed by atoms with van der Waals surface area (Å²) in [4.78, 5) is 12.4. The minimum atomic E-state index is -0.410. The summed E-state index contributed by atoms with van der Waals surface area (Å²) in [6, 6.07) is 0. The Labute approximate surface area is 111 Å². The molecular formula is C15H28O3. The number of hydrogen-bond donors (Lipinski definition) is 0. The molecule has 1 fully saturated rings. The van der Waals surface area contributed by atoms with Gasteiger partial charge in [-0.25, -0.2) is 0 Å². The van der Waals surface area contributed by atoms with Gasteiger partial charge in [0.05, 0.1) is 18.6 Å². The summed E-state index contributed by atoms with van der Waals surface area (Å²) < 4.78 is 10.9. The number of carbonyl (C=O) groups excluding carboxylic acids is 1. The summed E-state index contributed by atoms with van der Waals surface area (Å²) in [5, 5.41) is 0. The fraction of sp³-hybridized carbons (Fsp3) is 0.933. The lowest BCUT2D eigenvalue weighted by Crippen LogP contribution is -2.44. The van der Waals surface area contributed by atoms with Crippen molar-refractivity contribution in [2.24, 2.45) is 11.3 Å². The van der Waals surface area contributed by atoms with Gasteiger partial charge in [0.25, 0.3) is 0 Å². The van der Waals surface area contributed by atoms with Crippen LogP contribution in [-0.2, 0) is 14.3 Å². The predicted molar refractivity (Wildman–Crippen MR) is 72.4 cm³/mol. The van der Waals surface area contributed by atoms with Crippen molar-refractivity contribution in [2.75, 3.05) is 19.8 Å². The van der Waals surface area contributed by atoms with Crippen molar-refractivity contribution >= 4 is 5.97 Å². The van der Waals surface area contributed by atoms with Gasteiger partial charge in [-0.15, -0.1) is 0 Å². The van der Waals surface area contributed by atoms with Crippen LogP contribution in [0, 0.1) is 11.3 Å². The molecule has 0 N–H and O–H groups in total. The fourth-order valence-electron chi connectivity index (χ4n) is 3.09. The second kappa shape index (κ2) is 7.78. The number of ether oxygens (including phenoxy) is 2. The highest BCUT2D eigenvalue weighted by molar-refractivity contribution is 5.77. The summed E-state index contributed by atoms with van der Waals surface area (Å²) in [6.45, 7) is 7.58. The van der Waals surface area contributed by atoms with Gasteiger partial charge in [-0.2, -0.15) is 0 Å². The molecule has 1 rings (SSSR count). The maximum Gasteiger partial charge on any atom is 0.314 e. The molecule has 3 heteroatoms. The Morgan fingerprint density at radius 3 is 2.28 bits per heavy atom. The first-order valence-electron chi connectivity index (χ1n) is 7.46. The monoisotopic (exact) mass is 256 g/mol. The van der Waals surface area contributed by atoms with E-state index in [0.717, 1.165) is 19.3 Å². The van der Waals surface area contributed by atoms with E-state index >= 15 is 0 Å². The summed E-state index contributed by atoms with van der Waals surface area (Å²) >= 11 is 0. The van der Waals surface area contributed by atoms with Crippen LogP contribution < -0.4 is 0 Å². The Hall–Kier alpha value is -0.570. The van der Waals surface area contributed by atoms with Crippen molar-refractivity contribution in [3.05, 3.63) is 0 Å². The Morgan fingerprint density at radius 1 is 1.11 bits per heavy atom. The predicted octanol–water partition coefficient (Wildman–Crippen LogP) is 3.56. The maximum atomic E-state index is 12.4. The van der Waals surface area contributed by atoms with Crippen molar-refractivity contribution < 1.29 is 14.3 Å². The van der Waals surface area contributed by atoms with E-state index in [4.69, 9.17) is 9.47 Å². The molecular weight excluding hydrogens is 228 g/mol. The molecule has 0 bridgehead atoms. The largest absolute Gasteiger partial charge is 0.465 e. The molecule has 1 aliphatic carbocycles. The Kier molecular flexibility index (Phi) is 6.69. The molecule has 1 aliphatic rings. The van der Waals surface area contributed by atoms with Crippen LogP contribution in [0.4, 0.5) is 0 Å². The quantitative estimate of drug-likeness (QED) is 0.653. The molecule has 1 unspecified atom stereocenters. The molecule has 3 nitrogen and oxygen atoms in total. The van der Waals surface area contributed by atoms with Gasteiger partial charge < -0.3 is 9.47 Å². The Morgan fingerprint density at radius 2 is 1.78 bits per heavy atom. The minimum Gasteiger partial charge on any atom is -0.465 e. The second-order valence-corrected chi connectivity index (χ2v) is 5.20. The smallest absolute Gasteiger partial charge is 0.314 e. The lowest BCUT2D eigenvalue weighted by molar-refractivity contribution is -0.166. The second-order valence-electron chi connectivity index (χ2n) is 5.20. The van der Waals surface area contributed by atoms with Crippen LogP contribution >= 0.6 is 0 Å². The SMILES string of the molecule is CCOCC(CC)(C(=O)OCC)C1CCCCC1. The Bertz CT molecular complexity index is 246. The molecule has 1 saturated carbocycles. The normalized spacial score (nSPS) is 20.4. The average molecular weight is 256 g/mol. The molecule has 18 heavy (non-hydrogen) atoms. The molecule has 0 aliphatic heterocycles. The zero-order valence-electron chi connectivity index (χ0n) is 12.2. The van der Waals surface area contributed by atoms with E-state index in [-0.39, 0.29) is 5.97 Å². The molecule has 1 atom stereocenters. The summed E-state index contributed by atoms with van der Waals surface area (Å²) in [5.41, 5.74) is -0.410. The third-order valence-electron chi connectivity index (χ3n) is 4.26. The first-order valence-corrected chi connectivity index (χ1v) is 7.46. The van der Waals surface area contributed by atoms with Gasteiger partial charge >= 0.3 is 5.97 Å². The topological polar surface area (TPSA) is 35.5 Å². The van der Waals surface area contributed by atoms with E-state index in [9.17, 15) is 4.79 Å². The summed E-state index contributed by atoms with van der Waals surface area (Å²) in [7, 11) is 0. The highest BCUT2D eigenvalue weighted by Gasteiger charge is 2.45. The van der Waals surface area contributed by atoms with E-state index in [1.54, 1.807) is 0 Å². The molecule has 0 aromatic heterocycles. The molecule has 0 aromatic carbocycles. The summed E-state index contributed by atoms with van der Waals surface area (Å²) in [5.74, 6) is 0.384. The number of esters is 1. The van der Waals surface area contributed by atoms with Crippen LogP contribution in [0.1, 0.15) is 59.3 Å². The molecule has 0 aromatic rings. The lowest BCUT2D eigenvalue weighted by atomic mass is 9.67. The lowest BCUT2D eigenvalue weighted by Gasteiger charge is -2.39. The molecule has 0 spiro atoms. The third kappa shape index (κ3) is 3.47. The average Bonchev–Trinajstić information content (AvgIpc) is 2.42. The van der Waals surface area contributed by atoms with Gasteiger partial charge in [0.1, 0.15) is 0 Å². The zero-order chi connectivity index (χ0) is 13.4. The van der Waals surface area contributed by atoms with Crippen molar-refractivity contribution in [1.29, 1.82) is 0 Å². The van der Waals surface area contributed by atoms with Crippen LogP contribution in [0.3, 0.4) is 0 Å². The highest BCUT2D eigenvalue weighted by Crippen LogP contribution is 2.42. The van der Waals surface area contributed by atoms with Gasteiger partial charge in [-0.1, -0.05) is 26.2 Å². The minimum absolute atomic E-state index is 0.0483. The van der Waals surface area contributed by atoms with Gasteiger partial charge in [-0.3, -0.25) is 4.79 Å². The number of rotatable bonds is 7. The first-order chi connectivity index (χ1) is 8.71. The van der Waals surface area contributed by atoms with Crippen LogP contribution in [0.5, 0.6) is 0 Å². The molecule has 0 saturated heterocycles. The number of carbonyl (C=O) groups is 1. The third-order valence-corrected chi connectivity index (χ3v) is 4.26. The molecule has 0 heterocycles. The van der Waals surface area contributed by atoms with Crippen LogP contribution in [0.15, 0.2) is 0 Å². The maximum absolute atomic E-state index is 12.4. The Balaban J connectivity index is 2.84. The molecule has 0 radical (unpaired) electrons. The standard InChI is InChI=1S/C15H28O3/c1-4-15(12-17-5-2,14(16)18-6-3)13-10-8-7-9-11-13/h13H,4-12H2,1-3H3. The first kappa shape index (κ1) is 15.5. The number of hydrogen-bond acceptors (Lipinski definition) is 3. The van der Waals surface area contributed by atoms with Crippen molar-refractivity contribution in [3.63, 3.8) is 0 Å². The van der Waals surface area contributed by atoms with Gasteiger partial charge in [0.15, 0.2) is 0 Å². The van der Waals surface area contributed by atoms with Crippen molar-refractivity contribution in [2.45, 2.75) is 59.3 Å². The van der Waals surface area contributed by atoms with Crippen molar-refractivity contribution in [3.8, 4) is 0 Å². The fourth-order valence-corrected chi connectivity index (χ4v) is 3.09. The molecule has 0 amide bonds. The van der Waals surface area contributed by atoms with Crippen LogP contribution in [-0.4, -0.2) is 25.8 Å². The van der Waals surface area contributed by atoms with E-state index in [1.807, 2.05) is 13.8 Å². The van der Waals surface area contributed by atoms with E-state index in [1.165, 1.54) is 19.3 Å². The van der Waals surface area contributed by atoms with Gasteiger partial charge in [0, 0.05) is 6.61 Å². The van der Waals surface area contributed by atoms with E-state index < -0.39 is 5.41 Å². The summed E-state index contributed by atoms with van der Waals surface area (Å²) in [6.07, 6.45) is 6.86.